The maximum atomic E-state index is 6.12. The third-order valence-electron chi connectivity index (χ3n) is 3.54. The number of thiophene rings is 1. The average molecular weight is 326 g/mol. The van der Waals surface area contributed by atoms with Crippen molar-refractivity contribution in [2.45, 2.75) is 25.3 Å². The number of rotatable bonds is 5. The Kier molecular flexibility index (Phi) is 4.01. The van der Waals surface area contributed by atoms with Crippen molar-refractivity contribution in [3.8, 4) is 0 Å². The van der Waals surface area contributed by atoms with Gasteiger partial charge in [0.25, 0.3) is 0 Å². The van der Waals surface area contributed by atoms with Crippen LogP contribution in [0.15, 0.2) is 29.1 Å². The fourth-order valence-electron chi connectivity index (χ4n) is 2.29. The zero-order valence-corrected chi connectivity index (χ0v) is 13.8. The maximum Gasteiger partial charge on any atom is 0.195 e. The Morgan fingerprint density at radius 3 is 2.95 bits per heavy atom. The van der Waals surface area contributed by atoms with Gasteiger partial charge in [-0.05, 0) is 18.4 Å². The van der Waals surface area contributed by atoms with Crippen molar-refractivity contribution in [1.82, 2.24) is 9.38 Å². The number of fused-ring (bicyclic) bond motifs is 1. The molecule has 0 spiro atoms. The molecule has 0 bridgehead atoms. The lowest BCUT2D eigenvalue weighted by molar-refractivity contribution is 0.680. The Balaban J connectivity index is 1.87. The van der Waals surface area contributed by atoms with Crippen LogP contribution in [0.1, 0.15) is 17.5 Å². The second kappa shape index (κ2) is 5.76. The fourth-order valence-corrected chi connectivity index (χ4v) is 4.10. The molecule has 3 rings (SSSR count). The number of likely N-dealkylation sites (N-methyl/N-ethyl adjacent to an activating group) is 1. The minimum atomic E-state index is 0.389. The maximum absolute atomic E-state index is 6.12. The first kappa shape index (κ1) is 13.9. The summed E-state index contributed by atoms with van der Waals surface area (Å²) in [5.74, 6) is 1.47. The monoisotopic (exact) mass is 325 g/mol. The van der Waals surface area contributed by atoms with Gasteiger partial charge in [-0.15, -0.1) is 34.3 Å². The third kappa shape index (κ3) is 2.45. The average Bonchev–Trinajstić information content (AvgIpc) is 3.13. The van der Waals surface area contributed by atoms with Crippen LogP contribution in [0.3, 0.4) is 0 Å². The number of aromatic nitrogens is 2. The molecule has 6 heteroatoms. The molecule has 0 aromatic carbocycles. The van der Waals surface area contributed by atoms with Crippen molar-refractivity contribution in [2.24, 2.45) is 0 Å². The zero-order valence-electron chi connectivity index (χ0n) is 11.4. The van der Waals surface area contributed by atoms with E-state index in [-0.39, 0.29) is 0 Å². The molecule has 3 aromatic heterocycles. The molecule has 3 nitrogen and oxygen atoms in total. The van der Waals surface area contributed by atoms with Gasteiger partial charge in [0.15, 0.2) is 10.8 Å². The number of anilines is 1. The largest absolute Gasteiger partial charge is 0.355 e. The van der Waals surface area contributed by atoms with E-state index in [4.69, 9.17) is 16.6 Å². The Bertz CT molecular complexity index is 686. The van der Waals surface area contributed by atoms with E-state index < -0.39 is 0 Å². The fraction of sp³-hybridized carbons (Fsp3) is 0.357. The van der Waals surface area contributed by atoms with Crippen LogP contribution in [-0.2, 0) is 12.3 Å². The predicted octanol–water partition coefficient (Wildman–Crippen LogP) is 4.26. The molecule has 0 fully saturated rings. The van der Waals surface area contributed by atoms with E-state index in [2.05, 4.69) is 40.8 Å². The van der Waals surface area contributed by atoms with Crippen molar-refractivity contribution in [2.75, 3.05) is 11.9 Å². The van der Waals surface area contributed by atoms with Gasteiger partial charge in [-0.25, -0.2) is 4.98 Å². The van der Waals surface area contributed by atoms with Gasteiger partial charge >= 0.3 is 0 Å². The summed E-state index contributed by atoms with van der Waals surface area (Å²) in [6, 6.07) is 4.67. The number of hydrogen-bond acceptors (Lipinski definition) is 4. The van der Waals surface area contributed by atoms with Crippen LogP contribution >= 0.6 is 34.3 Å². The summed E-state index contributed by atoms with van der Waals surface area (Å²) >= 11 is 9.56. The summed E-state index contributed by atoms with van der Waals surface area (Å²) in [4.78, 5) is 9.36. The van der Waals surface area contributed by atoms with Gasteiger partial charge in [-0.3, -0.25) is 4.40 Å². The van der Waals surface area contributed by atoms with Gasteiger partial charge in [0.1, 0.15) is 0 Å². The van der Waals surface area contributed by atoms with Gasteiger partial charge in [0.05, 0.1) is 11.6 Å². The van der Waals surface area contributed by atoms with E-state index in [9.17, 15) is 0 Å². The summed E-state index contributed by atoms with van der Waals surface area (Å²) in [6.07, 6.45) is 3.06. The summed E-state index contributed by atoms with van der Waals surface area (Å²) < 4.78 is 2.08. The minimum absolute atomic E-state index is 0.389. The van der Waals surface area contributed by atoms with Crippen LogP contribution in [-0.4, -0.2) is 22.5 Å². The number of imidazole rings is 1. The summed E-state index contributed by atoms with van der Waals surface area (Å²) in [5, 5.41) is 4.16. The van der Waals surface area contributed by atoms with E-state index in [0.717, 1.165) is 22.9 Å². The van der Waals surface area contributed by atoms with Crippen molar-refractivity contribution in [3.05, 3.63) is 39.7 Å². The van der Waals surface area contributed by atoms with Gasteiger partial charge < -0.3 is 4.90 Å². The van der Waals surface area contributed by atoms with E-state index >= 15 is 0 Å². The predicted molar refractivity (Wildman–Crippen MR) is 88.5 cm³/mol. The molecule has 0 saturated carbocycles. The van der Waals surface area contributed by atoms with Crippen molar-refractivity contribution in [1.29, 1.82) is 0 Å². The van der Waals surface area contributed by atoms with Crippen LogP contribution in [0.5, 0.6) is 0 Å². The molecule has 0 aliphatic rings. The molecule has 20 heavy (non-hydrogen) atoms. The van der Waals surface area contributed by atoms with Crippen molar-refractivity contribution < 1.29 is 0 Å². The number of hydrogen-bond donors (Lipinski definition) is 0. The molecule has 0 aliphatic carbocycles. The smallest absolute Gasteiger partial charge is 0.195 e. The van der Waals surface area contributed by atoms with E-state index in [1.165, 1.54) is 4.88 Å². The first-order chi connectivity index (χ1) is 9.70. The molecular formula is C14H16ClN3S2. The molecule has 106 valence electrons. The van der Waals surface area contributed by atoms with Crippen molar-refractivity contribution >= 4 is 45.1 Å². The van der Waals surface area contributed by atoms with Crippen LogP contribution < -0.4 is 4.90 Å². The number of alkyl halides is 1. The highest BCUT2D eigenvalue weighted by Gasteiger charge is 2.20. The third-order valence-corrected chi connectivity index (χ3v) is 5.45. The van der Waals surface area contributed by atoms with E-state index in [1.54, 1.807) is 22.7 Å². The standard InChI is InChI=1S/C14H16ClN3S2/c1-10(8-11-4-3-6-19-11)17(2)13-12(9-15)18-5-7-20-14(18)16-13/h3-7,10H,8-9H2,1-2H3. The molecule has 0 radical (unpaired) electrons. The first-order valence-corrected chi connectivity index (χ1v) is 8.75. The highest BCUT2D eigenvalue weighted by molar-refractivity contribution is 7.15. The normalized spacial score (nSPS) is 12.9. The first-order valence-electron chi connectivity index (χ1n) is 6.46. The Morgan fingerprint density at radius 1 is 1.40 bits per heavy atom. The number of nitrogens with zero attached hydrogens (tertiary/aromatic N) is 3. The Morgan fingerprint density at radius 2 is 2.25 bits per heavy atom. The minimum Gasteiger partial charge on any atom is -0.355 e. The van der Waals surface area contributed by atoms with Gasteiger partial charge in [-0.2, -0.15) is 0 Å². The van der Waals surface area contributed by atoms with Crippen LogP contribution in [0.2, 0.25) is 0 Å². The molecule has 1 atom stereocenters. The van der Waals surface area contributed by atoms with Crippen LogP contribution in [0.4, 0.5) is 5.82 Å². The second-order valence-electron chi connectivity index (χ2n) is 4.81. The molecule has 1 unspecified atom stereocenters. The Labute approximate surface area is 131 Å². The van der Waals surface area contributed by atoms with Gasteiger partial charge in [-0.1, -0.05) is 6.07 Å². The molecule has 3 heterocycles. The SMILES string of the molecule is CC(Cc1cccs1)N(C)c1nc2sccn2c1CCl. The van der Waals surface area contributed by atoms with Crippen LogP contribution in [0, 0.1) is 0 Å². The second-order valence-corrected chi connectivity index (χ2v) is 6.99. The lowest BCUT2D eigenvalue weighted by Crippen LogP contribution is -2.31. The molecule has 3 aromatic rings. The zero-order chi connectivity index (χ0) is 14.1. The highest BCUT2D eigenvalue weighted by atomic mass is 35.5. The lowest BCUT2D eigenvalue weighted by Gasteiger charge is -2.25. The summed E-state index contributed by atoms with van der Waals surface area (Å²) in [7, 11) is 2.10. The molecule has 0 aliphatic heterocycles. The highest BCUT2D eigenvalue weighted by Crippen LogP contribution is 2.27. The molecule has 0 N–H and O–H groups in total. The summed E-state index contributed by atoms with van der Waals surface area (Å²) in [6.45, 7) is 2.23. The van der Waals surface area contributed by atoms with E-state index in [1.807, 2.05) is 11.6 Å². The summed E-state index contributed by atoms with van der Waals surface area (Å²) in [5.41, 5.74) is 1.07. The lowest BCUT2D eigenvalue weighted by atomic mass is 10.2. The molecule has 0 saturated heterocycles. The topological polar surface area (TPSA) is 20.5 Å². The molecular weight excluding hydrogens is 310 g/mol. The van der Waals surface area contributed by atoms with Crippen LogP contribution in [0.25, 0.3) is 4.96 Å². The number of thiazole rings is 1. The van der Waals surface area contributed by atoms with Crippen molar-refractivity contribution in [3.63, 3.8) is 0 Å². The van der Waals surface area contributed by atoms with Gasteiger partial charge in [0, 0.05) is 36.0 Å². The Hall–Kier alpha value is -1.04. The number of halogens is 1. The quantitative estimate of drug-likeness (QED) is 0.653. The van der Waals surface area contributed by atoms with Gasteiger partial charge in [0.2, 0.25) is 0 Å². The van der Waals surface area contributed by atoms with E-state index in [0.29, 0.717) is 11.9 Å². The molecule has 0 amide bonds.